The lowest BCUT2D eigenvalue weighted by molar-refractivity contribution is 0.226. The van der Waals surface area contributed by atoms with Crippen molar-refractivity contribution in [2.45, 2.75) is 38.5 Å². The zero-order valence-corrected chi connectivity index (χ0v) is 10.4. The summed E-state index contributed by atoms with van der Waals surface area (Å²) in [5.74, 6) is 1.00. The van der Waals surface area contributed by atoms with Crippen molar-refractivity contribution in [3.05, 3.63) is 0 Å². The predicted octanol–water partition coefficient (Wildman–Crippen LogP) is 2.11. The fourth-order valence-electron chi connectivity index (χ4n) is 3.21. The van der Waals surface area contributed by atoms with Gasteiger partial charge in [0.15, 0.2) is 0 Å². The predicted molar refractivity (Wildman–Crippen MR) is 65.0 cm³/mol. The number of rotatable bonds is 6. The quantitative estimate of drug-likeness (QED) is 0.722. The Morgan fingerprint density at radius 1 is 1.27 bits per heavy atom. The first-order valence-electron chi connectivity index (χ1n) is 6.57. The molecule has 0 bridgehead atoms. The molecule has 0 radical (unpaired) electrons. The molecule has 15 heavy (non-hydrogen) atoms. The molecule has 2 aliphatic carbocycles. The van der Waals surface area contributed by atoms with E-state index in [1.54, 1.807) is 0 Å². The molecule has 0 aromatic heterocycles. The van der Waals surface area contributed by atoms with Crippen molar-refractivity contribution in [2.24, 2.45) is 11.3 Å². The van der Waals surface area contributed by atoms with Crippen LogP contribution < -0.4 is 5.32 Å². The van der Waals surface area contributed by atoms with Gasteiger partial charge in [0.2, 0.25) is 0 Å². The van der Waals surface area contributed by atoms with Gasteiger partial charge in [-0.2, -0.15) is 0 Å². The van der Waals surface area contributed by atoms with Crippen molar-refractivity contribution < 1.29 is 0 Å². The van der Waals surface area contributed by atoms with Crippen LogP contribution in [0.25, 0.3) is 0 Å². The number of nitrogens with zero attached hydrogens (tertiary/aromatic N) is 1. The molecule has 0 unspecified atom stereocenters. The van der Waals surface area contributed by atoms with Crippen molar-refractivity contribution in [2.75, 3.05) is 33.7 Å². The Balaban J connectivity index is 1.69. The highest BCUT2D eigenvalue weighted by Crippen LogP contribution is 2.45. The Morgan fingerprint density at radius 2 is 1.93 bits per heavy atom. The van der Waals surface area contributed by atoms with Gasteiger partial charge in [-0.05, 0) is 51.1 Å². The standard InChI is InChI=1S/C13H26N2/c1-14-10-13(7-8-13)11-15(2)9-12-5-3-4-6-12/h12,14H,3-11H2,1-2H3. The Morgan fingerprint density at radius 3 is 2.47 bits per heavy atom. The van der Waals surface area contributed by atoms with Crippen molar-refractivity contribution in [3.8, 4) is 0 Å². The van der Waals surface area contributed by atoms with Crippen molar-refractivity contribution in [1.29, 1.82) is 0 Å². The summed E-state index contributed by atoms with van der Waals surface area (Å²) in [7, 11) is 4.39. The second kappa shape index (κ2) is 4.84. The maximum atomic E-state index is 3.34. The number of hydrogen-bond acceptors (Lipinski definition) is 2. The summed E-state index contributed by atoms with van der Waals surface area (Å²) in [5.41, 5.74) is 0.641. The van der Waals surface area contributed by atoms with Gasteiger partial charge >= 0.3 is 0 Å². The van der Waals surface area contributed by atoms with Crippen LogP contribution in [-0.2, 0) is 0 Å². The highest BCUT2D eigenvalue weighted by molar-refractivity contribution is 4.96. The van der Waals surface area contributed by atoms with Crippen LogP contribution in [0.4, 0.5) is 0 Å². The molecule has 1 N–H and O–H groups in total. The molecule has 2 rings (SSSR count). The van der Waals surface area contributed by atoms with Crippen LogP contribution in [0.15, 0.2) is 0 Å². The normalized spacial score (nSPS) is 25.0. The van der Waals surface area contributed by atoms with Gasteiger partial charge in [-0.1, -0.05) is 12.8 Å². The Kier molecular flexibility index (Phi) is 3.68. The van der Waals surface area contributed by atoms with Gasteiger partial charge in [0, 0.05) is 19.6 Å². The fourth-order valence-corrected chi connectivity index (χ4v) is 3.21. The molecule has 88 valence electrons. The number of nitrogens with one attached hydrogen (secondary N) is 1. The van der Waals surface area contributed by atoms with E-state index in [1.807, 2.05) is 0 Å². The van der Waals surface area contributed by atoms with Gasteiger partial charge in [0.25, 0.3) is 0 Å². The smallest absolute Gasteiger partial charge is 0.00472 e. The van der Waals surface area contributed by atoms with E-state index in [-0.39, 0.29) is 0 Å². The summed E-state index contributed by atoms with van der Waals surface area (Å²) < 4.78 is 0. The second-order valence-corrected chi connectivity index (χ2v) is 5.88. The van der Waals surface area contributed by atoms with Crippen molar-refractivity contribution in [1.82, 2.24) is 10.2 Å². The molecule has 0 saturated heterocycles. The third kappa shape index (κ3) is 3.18. The minimum atomic E-state index is 0.641. The lowest BCUT2D eigenvalue weighted by Gasteiger charge is -2.26. The van der Waals surface area contributed by atoms with Gasteiger partial charge in [-0.25, -0.2) is 0 Å². The van der Waals surface area contributed by atoms with E-state index in [0.29, 0.717) is 5.41 Å². The van der Waals surface area contributed by atoms with Crippen LogP contribution in [0.2, 0.25) is 0 Å². The van der Waals surface area contributed by atoms with E-state index in [9.17, 15) is 0 Å². The average Bonchev–Trinajstić information content (AvgIpc) is 2.75. The highest BCUT2D eigenvalue weighted by atomic mass is 15.1. The van der Waals surface area contributed by atoms with Crippen LogP contribution in [0.5, 0.6) is 0 Å². The van der Waals surface area contributed by atoms with E-state index in [0.717, 1.165) is 5.92 Å². The molecule has 0 aromatic rings. The molecule has 0 aromatic carbocycles. The summed E-state index contributed by atoms with van der Waals surface area (Å²) in [5, 5.41) is 3.34. The Bertz CT molecular complexity index is 193. The first-order chi connectivity index (χ1) is 7.24. The summed E-state index contributed by atoms with van der Waals surface area (Å²) in [6.07, 6.45) is 8.76. The molecule has 0 aliphatic heterocycles. The fraction of sp³-hybridized carbons (Fsp3) is 1.00. The van der Waals surface area contributed by atoms with Crippen LogP contribution in [0.1, 0.15) is 38.5 Å². The lowest BCUT2D eigenvalue weighted by atomic mass is 10.0. The van der Waals surface area contributed by atoms with Crippen LogP contribution in [-0.4, -0.2) is 38.6 Å². The first kappa shape index (κ1) is 11.4. The van der Waals surface area contributed by atoms with E-state index in [1.165, 1.54) is 58.2 Å². The lowest BCUT2D eigenvalue weighted by Crippen LogP contribution is -2.35. The molecular formula is C13H26N2. The van der Waals surface area contributed by atoms with Crippen molar-refractivity contribution >= 4 is 0 Å². The molecule has 2 nitrogen and oxygen atoms in total. The van der Waals surface area contributed by atoms with E-state index < -0.39 is 0 Å². The van der Waals surface area contributed by atoms with Gasteiger partial charge in [0.1, 0.15) is 0 Å². The Hall–Kier alpha value is -0.0800. The second-order valence-electron chi connectivity index (χ2n) is 5.88. The third-order valence-corrected chi connectivity index (χ3v) is 4.16. The molecule has 2 saturated carbocycles. The average molecular weight is 210 g/mol. The van der Waals surface area contributed by atoms with Crippen LogP contribution in [0.3, 0.4) is 0 Å². The SMILES string of the molecule is CNCC1(CN(C)CC2CCCC2)CC1. The summed E-state index contributed by atoms with van der Waals surface area (Å²) in [6, 6.07) is 0. The monoisotopic (exact) mass is 210 g/mol. The topological polar surface area (TPSA) is 15.3 Å². The number of hydrogen-bond donors (Lipinski definition) is 1. The first-order valence-corrected chi connectivity index (χ1v) is 6.57. The molecule has 0 heterocycles. The third-order valence-electron chi connectivity index (χ3n) is 4.16. The van der Waals surface area contributed by atoms with Gasteiger partial charge in [-0.15, -0.1) is 0 Å². The van der Waals surface area contributed by atoms with Gasteiger partial charge in [-0.3, -0.25) is 0 Å². The van der Waals surface area contributed by atoms with E-state index in [2.05, 4.69) is 24.3 Å². The molecule has 2 aliphatic rings. The van der Waals surface area contributed by atoms with Crippen LogP contribution >= 0.6 is 0 Å². The van der Waals surface area contributed by atoms with Gasteiger partial charge < -0.3 is 10.2 Å². The zero-order valence-electron chi connectivity index (χ0n) is 10.4. The molecule has 0 amide bonds. The zero-order chi connectivity index (χ0) is 10.7. The molecule has 2 fully saturated rings. The summed E-state index contributed by atoms with van der Waals surface area (Å²) in [4.78, 5) is 2.58. The van der Waals surface area contributed by atoms with E-state index in [4.69, 9.17) is 0 Å². The summed E-state index contributed by atoms with van der Waals surface area (Å²) >= 11 is 0. The minimum Gasteiger partial charge on any atom is -0.319 e. The largest absolute Gasteiger partial charge is 0.319 e. The van der Waals surface area contributed by atoms with Gasteiger partial charge in [0.05, 0.1) is 0 Å². The minimum absolute atomic E-state index is 0.641. The molecule has 0 spiro atoms. The van der Waals surface area contributed by atoms with Crippen molar-refractivity contribution in [3.63, 3.8) is 0 Å². The van der Waals surface area contributed by atoms with Crippen LogP contribution in [0, 0.1) is 11.3 Å². The molecule has 0 atom stereocenters. The maximum absolute atomic E-state index is 3.34. The Labute approximate surface area is 94.4 Å². The molecular weight excluding hydrogens is 184 g/mol. The molecule has 2 heteroatoms. The summed E-state index contributed by atoms with van der Waals surface area (Å²) in [6.45, 7) is 3.86. The maximum Gasteiger partial charge on any atom is 0.00472 e. The van der Waals surface area contributed by atoms with E-state index >= 15 is 0 Å². The highest BCUT2D eigenvalue weighted by Gasteiger charge is 2.42.